The summed E-state index contributed by atoms with van der Waals surface area (Å²) in [5.41, 5.74) is 1.62. The van der Waals surface area contributed by atoms with Crippen molar-refractivity contribution in [2.75, 3.05) is 46.1 Å². The van der Waals surface area contributed by atoms with E-state index in [1.54, 1.807) is 19.1 Å². The fraction of sp³-hybridized carbons (Fsp3) is 0.536. The van der Waals surface area contributed by atoms with Crippen molar-refractivity contribution in [1.82, 2.24) is 21.3 Å². The Labute approximate surface area is 420 Å². The first kappa shape index (κ1) is 55.8. The number of hydrogen-bond donors (Lipinski definition) is 4. The molecule has 5 rings (SSSR count). The van der Waals surface area contributed by atoms with Gasteiger partial charge in [0.05, 0.1) is 25.9 Å². The van der Waals surface area contributed by atoms with E-state index in [1.165, 1.54) is 0 Å². The average Bonchev–Trinajstić information content (AvgIpc) is 4.10. The third-order valence-corrected chi connectivity index (χ3v) is 12.9. The molecule has 71 heavy (non-hydrogen) atoms. The number of morpholine rings is 1. The van der Waals surface area contributed by atoms with E-state index in [2.05, 4.69) is 34.1 Å². The van der Waals surface area contributed by atoms with Gasteiger partial charge in [-0.2, -0.15) is 0 Å². The van der Waals surface area contributed by atoms with Crippen LogP contribution in [0.4, 0.5) is 0 Å². The highest BCUT2D eigenvalue weighted by Gasteiger charge is 2.50. The molecule has 0 saturated carbocycles. The van der Waals surface area contributed by atoms with Gasteiger partial charge in [0.1, 0.15) is 50.0 Å². The van der Waals surface area contributed by atoms with Gasteiger partial charge in [0, 0.05) is 18.4 Å². The van der Waals surface area contributed by atoms with Crippen molar-refractivity contribution in [2.45, 2.75) is 136 Å². The zero-order valence-electron chi connectivity index (χ0n) is 42.6. The number of nitrogens with zero attached hydrogens (tertiary/aromatic N) is 1. The summed E-state index contributed by atoms with van der Waals surface area (Å²) in [4.78, 5) is 83.8. The van der Waals surface area contributed by atoms with E-state index in [0.717, 1.165) is 36.0 Å². The van der Waals surface area contributed by atoms with Gasteiger partial charge < -0.3 is 44.7 Å². The largest absolute Gasteiger partial charge is 0.477 e. The molecular weight excluding hydrogens is 903 g/mol. The summed E-state index contributed by atoms with van der Waals surface area (Å²) >= 11 is 0. The minimum absolute atomic E-state index is 0.0188. The first-order valence-electron chi connectivity index (χ1n) is 25.3. The standard InChI is InChI=1S/C56H75N5O10/c1-8-10-13-22-51(63)71-48-26-24-43(35-49(48)69-29-9-2)36-61(27-30-68-31-28-61)37-50(62)57-44(25-23-41-18-14-11-15-19-41)53(65)59-46(33-40(5)6)54(66)60-47(34-42-20-16-12-17-21-42)55(67)58-45(32-39(3)4)52(64)56(7)38-70-56/h2,11-12,14-21,24,26,35,39-40,44-47H,8,10,13,22-23,25,27-34,36-38H2,1,3-7H3,(H3-,57,58,59,60,62,65,66,67)/p+1/t44?,45?,46?,47?,56-/m1/s1. The Balaban J connectivity index is 1.36. The molecule has 15 nitrogen and oxygen atoms in total. The number of unbranched alkanes of at least 4 members (excludes halogenated alkanes) is 2. The Bertz CT molecular complexity index is 2270. The molecule has 0 radical (unpaired) electrons. The number of esters is 1. The van der Waals surface area contributed by atoms with Gasteiger partial charge in [-0.25, -0.2) is 0 Å². The Morgan fingerprint density at radius 2 is 1.32 bits per heavy atom. The number of hydrogen-bond acceptors (Lipinski definition) is 10. The molecule has 0 aromatic heterocycles. The predicted molar refractivity (Wildman–Crippen MR) is 271 cm³/mol. The quantitative estimate of drug-likeness (QED) is 0.0165. The normalized spacial score (nSPS) is 17.7. The molecule has 0 spiro atoms. The SMILES string of the molecule is C#CCOc1cc(C[N+]2(CC(=O)NC(CCc3ccccc3)C(=O)NC(CC(C)C)C(=O)NC(Cc3ccccc3)C(=O)NC(CC(C)C)C(=O)[C@@]3(C)CO3)CCOCC2)ccc1OC(=O)CCCCC. The predicted octanol–water partition coefficient (Wildman–Crippen LogP) is 5.80. The van der Waals surface area contributed by atoms with Gasteiger partial charge in [-0.3, -0.25) is 28.8 Å². The number of ether oxygens (including phenoxy) is 4. The molecule has 2 aliphatic rings. The molecule has 2 heterocycles. The number of terminal acetylenes is 1. The lowest BCUT2D eigenvalue weighted by Crippen LogP contribution is -2.61. The van der Waals surface area contributed by atoms with Crippen LogP contribution < -0.4 is 30.7 Å². The number of rotatable bonds is 29. The second kappa shape index (κ2) is 27.5. The van der Waals surface area contributed by atoms with Crippen molar-refractivity contribution in [1.29, 1.82) is 0 Å². The van der Waals surface area contributed by atoms with E-state index < -0.39 is 47.5 Å². The fourth-order valence-corrected chi connectivity index (χ4v) is 8.82. The van der Waals surface area contributed by atoms with Crippen molar-refractivity contribution >= 4 is 35.4 Å². The Morgan fingerprint density at radius 1 is 0.732 bits per heavy atom. The molecule has 2 fully saturated rings. The lowest BCUT2D eigenvalue weighted by Gasteiger charge is -2.41. The van der Waals surface area contributed by atoms with E-state index in [0.29, 0.717) is 55.9 Å². The molecule has 2 saturated heterocycles. The second-order valence-electron chi connectivity index (χ2n) is 20.1. The third kappa shape index (κ3) is 18.2. The van der Waals surface area contributed by atoms with Crippen LogP contribution in [0.1, 0.15) is 103 Å². The van der Waals surface area contributed by atoms with Crippen molar-refractivity contribution in [2.24, 2.45) is 11.8 Å². The number of carbonyl (C=O) groups is 6. The number of quaternary nitrogens is 1. The highest BCUT2D eigenvalue weighted by Crippen LogP contribution is 2.32. The zero-order chi connectivity index (χ0) is 51.4. The minimum atomic E-state index is -1.09. The molecule has 0 aliphatic carbocycles. The number of nitrogens with one attached hydrogen (secondary N) is 4. The Hall–Kier alpha value is -6.08. The molecule has 0 bridgehead atoms. The van der Waals surface area contributed by atoms with Gasteiger partial charge in [-0.05, 0) is 80.2 Å². The van der Waals surface area contributed by atoms with Crippen LogP contribution >= 0.6 is 0 Å². The Morgan fingerprint density at radius 3 is 1.94 bits per heavy atom. The summed E-state index contributed by atoms with van der Waals surface area (Å²) in [6.07, 6.45) is 9.88. The number of epoxide rings is 1. The van der Waals surface area contributed by atoms with Crippen molar-refractivity contribution in [3.05, 3.63) is 95.6 Å². The monoisotopic (exact) mass is 979 g/mol. The van der Waals surface area contributed by atoms with Crippen LogP contribution in [0.5, 0.6) is 11.5 Å². The van der Waals surface area contributed by atoms with Crippen LogP contribution in [0.3, 0.4) is 0 Å². The smallest absolute Gasteiger partial charge is 0.311 e. The number of amides is 4. The molecule has 15 heteroatoms. The summed E-state index contributed by atoms with van der Waals surface area (Å²) in [7, 11) is 0. The van der Waals surface area contributed by atoms with Crippen LogP contribution in [0.25, 0.3) is 0 Å². The molecule has 4 amide bonds. The summed E-state index contributed by atoms with van der Waals surface area (Å²) in [5, 5.41) is 11.9. The zero-order valence-corrected chi connectivity index (χ0v) is 42.6. The van der Waals surface area contributed by atoms with Crippen LogP contribution in [0.2, 0.25) is 0 Å². The molecule has 2 aliphatic heterocycles. The van der Waals surface area contributed by atoms with Crippen molar-refractivity contribution in [3.8, 4) is 23.8 Å². The van der Waals surface area contributed by atoms with Crippen LogP contribution in [-0.4, -0.2) is 116 Å². The van der Waals surface area contributed by atoms with Crippen LogP contribution in [0, 0.1) is 24.2 Å². The van der Waals surface area contributed by atoms with E-state index in [1.807, 2.05) is 94.4 Å². The van der Waals surface area contributed by atoms with Crippen LogP contribution in [0.15, 0.2) is 78.9 Å². The number of ketones is 1. The molecule has 384 valence electrons. The average molecular weight is 979 g/mol. The van der Waals surface area contributed by atoms with Crippen molar-refractivity contribution in [3.63, 3.8) is 0 Å². The van der Waals surface area contributed by atoms with Gasteiger partial charge in [0.2, 0.25) is 17.7 Å². The molecule has 3 aromatic rings. The summed E-state index contributed by atoms with van der Waals surface area (Å²) < 4.78 is 23.1. The molecule has 5 atom stereocenters. The van der Waals surface area contributed by atoms with E-state index in [9.17, 15) is 28.8 Å². The first-order valence-corrected chi connectivity index (χ1v) is 25.3. The lowest BCUT2D eigenvalue weighted by atomic mass is 9.93. The number of benzene rings is 3. The third-order valence-electron chi connectivity index (χ3n) is 12.9. The van der Waals surface area contributed by atoms with Gasteiger partial charge in [0.15, 0.2) is 23.8 Å². The van der Waals surface area contributed by atoms with Gasteiger partial charge in [-0.15, -0.1) is 6.42 Å². The van der Waals surface area contributed by atoms with Gasteiger partial charge >= 0.3 is 5.97 Å². The Kier molecular flexibility index (Phi) is 21.6. The van der Waals surface area contributed by atoms with E-state index in [-0.39, 0.29) is 80.7 Å². The van der Waals surface area contributed by atoms with Gasteiger partial charge in [-0.1, -0.05) is 114 Å². The van der Waals surface area contributed by atoms with Crippen LogP contribution in [-0.2, 0) is 57.6 Å². The minimum Gasteiger partial charge on any atom is -0.477 e. The number of carbonyl (C=O) groups excluding carboxylic acids is 6. The second-order valence-corrected chi connectivity index (χ2v) is 20.1. The summed E-state index contributed by atoms with van der Waals surface area (Å²) in [6, 6.07) is 20.2. The molecule has 3 aromatic carbocycles. The summed E-state index contributed by atoms with van der Waals surface area (Å²) in [6.45, 7) is 14.1. The molecule has 4 N–H and O–H groups in total. The maximum Gasteiger partial charge on any atom is 0.311 e. The number of Topliss-reactive ketones (excluding diaryl/α,β-unsaturated/α-hetero) is 1. The van der Waals surface area contributed by atoms with E-state index in [4.69, 9.17) is 25.4 Å². The molecule has 4 unspecified atom stereocenters. The summed E-state index contributed by atoms with van der Waals surface area (Å²) in [5.74, 6) is 0.528. The first-order chi connectivity index (χ1) is 34.0. The maximum atomic E-state index is 14.6. The topological polar surface area (TPSA) is 191 Å². The fourth-order valence-electron chi connectivity index (χ4n) is 8.82. The highest BCUT2D eigenvalue weighted by atomic mass is 16.6. The van der Waals surface area contributed by atoms with Gasteiger partial charge in [0.25, 0.3) is 5.91 Å². The van der Waals surface area contributed by atoms with Crippen molar-refractivity contribution < 1.29 is 52.2 Å². The highest BCUT2D eigenvalue weighted by molar-refractivity contribution is 5.99. The maximum absolute atomic E-state index is 14.6. The number of aryl methyl sites for hydroxylation is 1. The van der Waals surface area contributed by atoms with E-state index >= 15 is 0 Å². The molecular formula is C56H76N5O10+. The lowest BCUT2D eigenvalue weighted by molar-refractivity contribution is -0.940.